The third kappa shape index (κ3) is 2.69. The van der Waals surface area contributed by atoms with Crippen molar-refractivity contribution in [2.45, 2.75) is 55.8 Å². The highest BCUT2D eigenvalue weighted by molar-refractivity contribution is 7.93. The topological polar surface area (TPSA) is 59.1 Å². The van der Waals surface area contributed by atoms with Crippen LogP contribution in [-0.2, 0) is 15.4 Å². The summed E-state index contributed by atoms with van der Waals surface area (Å²) in [5.41, 5.74) is 2.08. The number of benzene rings is 1. The number of nitrogens with one attached hydrogen (secondary N) is 1. The molecule has 0 amide bonds. The van der Waals surface area contributed by atoms with Crippen LogP contribution in [-0.4, -0.2) is 13.4 Å². The van der Waals surface area contributed by atoms with Gasteiger partial charge in [0.25, 0.3) is 10.0 Å². The molecule has 4 nitrogen and oxygen atoms in total. The predicted octanol–water partition coefficient (Wildman–Crippen LogP) is 4.72. The van der Waals surface area contributed by atoms with Gasteiger partial charge in [-0.3, -0.25) is 4.72 Å². The molecular weight excluding hydrogens is 364 g/mol. The van der Waals surface area contributed by atoms with E-state index in [0.717, 1.165) is 29.0 Å². The van der Waals surface area contributed by atoms with E-state index in [1.807, 2.05) is 19.1 Å². The number of thiazole rings is 1. The van der Waals surface area contributed by atoms with Crippen LogP contribution in [0.2, 0.25) is 0 Å². The van der Waals surface area contributed by atoms with Crippen molar-refractivity contribution in [3.63, 3.8) is 0 Å². The molecule has 2 aromatic rings. The summed E-state index contributed by atoms with van der Waals surface area (Å²) >= 11 is 1.42. The summed E-state index contributed by atoms with van der Waals surface area (Å²) in [5, 5.41) is 2.60. The zero-order valence-corrected chi connectivity index (χ0v) is 16.6. The number of hydrogen-bond acceptors (Lipinski definition) is 4. The quantitative estimate of drug-likeness (QED) is 0.824. The van der Waals surface area contributed by atoms with E-state index in [9.17, 15) is 8.42 Å². The summed E-state index contributed by atoms with van der Waals surface area (Å²) in [6.45, 7) is 1.82. The van der Waals surface area contributed by atoms with Crippen LogP contribution in [0, 0.1) is 24.7 Å². The normalized spacial score (nSPS) is 32.7. The Morgan fingerprint density at radius 2 is 1.69 bits per heavy atom. The zero-order valence-electron chi connectivity index (χ0n) is 14.9. The molecule has 6 rings (SSSR count). The van der Waals surface area contributed by atoms with Crippen molar-refractivity contribution in [3.8, 4) is 0 Å². The highest BCUT2D eigenvalue weighted by Gasteiger charge is 2.52. The van der Waals surface area contributed by atoms with E-state index in [2.05, 4.69) is 10.1 Å². The second kappa shape index (κ2) is 5.80. The molecule has 0 aliphatic heterocycles. The maximum atomic E-state index is 12.7. The molecule has 0 saturated heterocycles. The van der Waals surface area contributed by atoms with Crippen LogP contribution < -0.4 is 4.72 Å². The average molecular weight is 389 g/mol. The fourth-order valence-electron chi connectivity index (χ4n) is 6.02. The van der Waals surface area contributed by atoms with Crippen LogP contribution in [0.3, 0.4) is 0 Å². The first kappa shape index (κ1) is 16.8. The standard InChI is InChI=1S/C20H24N2O2S2/c1-13-4-2-3-5-17(13)26(23,24)22-19-21-18(12-25-19)20-9-14-6-15(10-20)8-16(7-14)11-20/h2-5,12,14-16H,6-11H2,1H3,(H,21,22). The second-order valence-corrected chi connectivity index (χ2v) is 11.1. The SMILES string of the molecule is Cc1ccccc1S(=O)(=O)Nc1nc(C23CC4CC(CC(C4)C2)C3)cs1. The van der Waals surface area contributed by atoms with Crippen molar-refractivity contribution >= 4 is 26.5 Å². The highest BCUT2D eigenvalue weighted by atomic mass is 32.2. The van der Waals surface area contributed by atoms with Gasteiger partial charge in [0.2, 0.25) is 0 Å². The van der Waals surface area contributed by atoms with Gasteiger partial charge < -0.3 is 0 Å². The lowest BCUT2D eigenvalue weighted by molar-refractivity contribution is -0.00688. The van der Waals surface area contributed by atoms with Crippen LogP contribution in [0.25, 0.3) is 0 Å². The van der Waals surface area contributed by atoms with Gasteiger partial charge in [0.05, 0.1) is 10.6 Å². The fraction of sp³-hybridized carbons (Fsp3) is 0.550. The lowest BCUT2D eigenvalue weighted by Crippen LogP contribution is -2.48. The van der Waals surface area contributed by atoms with Gasteiger partial charge in [-0.2, -0.15) is 0 Å². The second-order valence-electron chi connectivity index (χ2n) is 8.61. The van der Waals surface area contributed by atoms with Gasteiger partial charge in [0.1, 0.15) is 0 Å². The third-order valence-electron chi connectivity index (χ3n) is 6.69. The number of aromatic nitrogens is 1. The van der Waals surface area contributed by atoms with Crippen LogP contribution in [0.15, 0.2) is 34.5 Å². The van der Waals surface area contributed by atoms with Crippen molar-refractivity contribution in [1.29, 1.82) is 0 Å². The number of anilines is 1. The number of sulfonamides is 1. The Balaban J connectivity index is 1.42. The molecular formula is C20H24N2O2S2. The van der Waals surface area contributed by atoms with E-state index in [1.54, 1.807) is 12.1 Å². The fourth-order valence-corrected chi connectivity index (χ4v) is 8.35. The molecule has 4 aliphatic carbocycles. The molecule has 138 valence electrons. The monoisotopic (exact) mass is 388 g/mol. The molecule has 4 bridgehead atoms. The van der Waals surface area contributed by atoms with E-state index in [0.29, 0.717) is 10.0 Å². The molecule has 1 heterocycles. The largest absolute Gasteiger partial charge is 0.263 e. The smallest absolute Gasteiger partial charge is 0.255 e. The van der Waals surface area contributed by atoms with Gasteiger partial charge in [-0.25, -0.2) is 13.4 Å². The Morgan fingerprint density at radius 3 is 2.31 bits per heavy atom. The maximum Gasteiger partial charge on any atom is 0.263 e. The molecule has 0 atom stereocenters. The summed E-state index contributed by atoms with van der Waals surface area (Å²) in [7, 11) is -3.59. The minimum Gasteiger partial charge on any atom is -0.255 e. The Bertz CT molecular complexity index is 913. The first-order valence-corrected chi connectivity index (χ1v) is 11.8. The molecule has 4 saturated carbocycles. The number of aryl methyl sites for hydroxylation is 1. The van der Waals surface area contributed by atoms with Crippen LogP contribution >= 0.6 is 11.3 Å². The van der Waals surface area contributed by atoms with Crippen molar-refractivity contribution in [1.82, 2.24) is 4.98 Å². The van der Waals surface area contributed by atoms with Gasteiger partial charge in [0.15, 0.2) is 5.13 Å². The van der Waals surface area contributed by atoms with Crippen LogP contribution in [0.1, 0.15) is 49.8 Å². The van der Waals surface area contributed by atoms with E-state index in [4.69, 9.17) is 4.98 Å². The van der Waals surface area contributed by atoms with Gasteiger partial charge in [-0.15, -0.1) is 11.3 Å². The van der Waals surface area contributed by atoms with Gasteiger partial charge in [-0.1, -0.05) is 18.2 Å². The summed E-state index contributed by atoms with van der Waals surface area (Å²) in [4.78, 5) is 5.09. The molecule has 0 spiro atoms. The van der Waals surface area contributed by atoms with Crippen LogP contribution in [0.4, 0.5) is 5.13 Å². The molecule has 1 aromatic carbocycles. The number of hydrogen-bond donors (Lipinski definition) is 1. The molecule has 0 unspecified atom stereocenters. The molecule has 1 aromatic heterocycles. The molecule has 1 N–H and O–H groups in total. The van der Waals surface area contributed by atoms with E-state index < -0.39 is 10.0 Å². The van der Waals surface area contributed by atoms with E-state index in [-0.39, 0.29) is 5.41 Å². The Hall–Kier alpha value is -1.40. The molecule has 4 fully saturated rings. The van der Waals surface area contributed by atoms with E-state index >= 15 is 0 Å². The van der Waals surface area contributed by atoms with Crippen molar-refractivity contribution in [3.05, 3.63) is 40.9 Å². The summed E-state index contributed by atoms with van der Waals surface area (Å²) in [6.07, 6.45) is 7.93. The van der Waals surface area contributed by atoms with E-state index in [1.165, 1.54) is 49.9 Å². The molecule has 6 heteroatoms. The van der Waals surface area contributed by atoms with Crippen molar-refractivity contribution in [2.24, 2.45) is 17.8 Å². The predicted molar refractivity (Wildman–Crippen MR) is 104 cm³/mol. The Labute approximate surface area is 159 Å². The molecule has 0 radical (unpaired) electrons. The number of rotatable bonds is 4. The van der Waals surface area contributed by atoms with Crippen molar-refractivity contribution in [2.75, 3.05) is 4.72 Å². The minimum absolute atomic E-state index is 0.206. The Kier molecular flexibility index (Phi) is 3.73. The maximum absolute atomic E-state index is 12.7. The summed E-state index contributed by atoms with van der Waals surface area (Å²) in [6, 6.07) is 7.07. The highest BCUT2D eigenvalue weighted by Crippen LogP contribution is 2.60. The van der Waals surface area contributed by atoms with Crippen molar-refractivity contribution < 1.29 is 8.42 Å². The molecule has 26 heavy (non-hydrogen) atoms. The van der Waals surface area contributed by atoms with Gasteiger partial charge >= 0.3 is 0 Å². The summed E-state index contributed by atoms with van der Waals surface area (Å²) < 4.78 is 28.2. The lowest BCUT2D eigenvalue weighted by Gasteiger charge is -2.56. The first-order chi connectivity index (χ1) is 12.4. The average Bonchev–Trinajstić information content (AvgIpc) is 3.02. The van der Waals surface area contributed by atoms with Gasteiger partial charge in [-0.05, 0) is 74.8 Å². The summed E-state index contributed by atoms with van der Waals surface area (Å²) in [5.74, 6) is 2.57. The number of nitrogens with zero attached hydrogens (tertiary/aromatic N) is 1. The third-order valence-corrected chi connectivity index (χ3v) is 9.08. The zero-order chi connectivity index (χ0) is 17.9. The van der Waals surface area contributed by atoms with Crippen LogP contribution in [0.5, 0.6) is 0 Å². The minimum atomic E-state index is -3.59. The lowest BCUT2D eigenvalue weighted by atomic mass is 9.49. The Morgan fingerprint density at radius 1 is 1.08 bits per heavy atom. The van der Waals surface area contributed by atoms with Gasteiger partial charge in [0, 0.05) is 10.8 Å². The molecule has 4 aliphatic rings. The first-order valence-electron chi connectivity index (χ1n) is 9.48.